The van der Waals surface area contributed by atoms with Gasteiger partial charge in [-0.1, -0.05) is 0 Å². The molecule has 0 atom stereocenters. The van der Waals surface area contributed by atoms with Crippen LogP contribution < -0.4 is 16.4 Å². The Hall–Kier alpha value is -1.55. The quantitative estimate of drug-likeness (QED) is 0.759. The first-order valence-electron chi connectivity index (χ1n) is 6.02. The summed E-state index contributed by atoms with van der Waals surface area (Å²) in [6.45, 7) is 1.43. The van der Waals surface area contributed by atoms with Crippen LogP contribution in [0.5, 0.6) is 0 Å². The summed E-state index contributed by atoms with van der Waals surface area (Å²) in [5.74, 6) is 0.172. The maximum absolute atomic E-state index is 12.0. The van der Waals surface area contributed by atoms with Gasteiger partial charge in [-0.2, -0.15) is 0 Å². The lowest BCUT2D eigenvalue weighted by Gasteiger charge is -2.23. The number of hydrogen-bond acceptors (Lipinski definition) is 3. The topological polar surface area (TPSA) is 72.3 Å². The van der Waals surface area contributed by atoms with Gasteiger partial charge in [0, 0.05) is 23.3 Å². The number of carbonyl (C=O) groups is 1. The minimum Gasteiger partial charge on any atom is -0.399 e. The number of hydrogen-bond donors (Lipinski definition) is 2. The van der Waals surface area contributed by atoms with E-state index >= 15 is 0 Å². The molecule has 1 saturated carbocycles. The minimum absolute atomic E-state index is 0.172. The fraction of sp³-hybridized carbons (Fsp3) is 0.462. The van der Waals surface area contributed by atoms with Crippen molar-refractivity contribution in [2.75, 3.05) is 23.7 Å². The predicted octanol–water partition coefficient (Wildman–Crippen LogP) is 0.897. The van der Waals surface area contributed by atoms with E-state index in [1.807, 2.05) is 23.1 Å². The van der Waals surface area contributed by atoms with Crippen molar-refractivity contribution < 1.29 is 4.79 Å². The summed E-state index contributed by atoms with van der Waals surface area (Å²) in [6, 6.07) is 5.70. The molecule has 4 N–H and O–H groups in total. The van der Waals surface area contributed by atoms with Gasteiger partial charge in [-0.25, -0.2) is 0 Å². The fourth-order valence-corrected chi connectivity index (χ4v) is 2.52. The molecule has 2 aliphatic rings. The van der Waals surface area contributed by atoms with Gasteiger partial charge in [0.25, 0.3) is 0 Å². The number of amides is 1. The lowest BCUT2D eigenvalue weighted by molar-refractivity contribution is -0.117. The van der Waals surface area contributed by atoms with Crippen molar-refractivity contribution in [3.8, 4) is 0 Å². The molecule has 1 amide bonds. The van der Waals surface area contributed by atoms with Gasteiger partial charge in [-0.05, 0) is 43.1 Å². The lowest BCUT2D eigenvalue weighted by Crippen LogP contribution is -2.36. The summed E-state index contributed by atoms with van der Waals surface area (Å²) < 4.78 is 0. The van der Waals surface area contributed by atoms with Crippen LogP contribution in [0.2, 0.25) is 0 Å². The van der Waals surface area contributed by atoms with Gasteiger partial charge in [-0.15, -0.1) is 0 Å². The number of anilines is 2. The fourth-order valence-electron chi connectivity index (χ4n) is 2.52. The molecule has 0 radical (unpaired) electrons. The van der Waals surface area contributed by atoms with Crippen LogP contribution in [0.25, 0.3) is 0 Å². The summed E-state index contributed by atoms with van der Waals surface area (Å²) in [4.78, 5) is 13.9. The molecule has 1 aliphatic heterocycles. The largest absolute Gasteiger partial charge is 0.399 e. The second-order valence-electron chi connectivity index (χ2n) is 5.25. The number of benzene rings is 1. The summed E-state index contributed by atoms with van der Waals surface area (Å²) >= 11 is 0. The molecule has 0 saturated heterocycles. The zero-order chi connectivity index (χ0) is 12.0. The molecule has 17 heavy (non-hydrogen) atoms. The third kappa shape index (κ3) is 1.69. The first kappa shape index (κ1) is 10.6. The number of nitrogens with two attached hydrogens (primary N) is 2. The van der Waals surface area contributed by atoms with Gasteiger partial charge in [-0.3, -0.25) is 4.79 Å². The Bertz CT molecular complexity index is 480. The highest BCUT2D eigenvalue weighted by Crippen LogP contribution is 2.47. The van der Waals surface area contributed by atoms with Crippen LogP contribution in [-0.2, 0) is 11.2 Å². The minimum atomic E-state index is 0.172. The summed E-state index contributed by atoms with van der Waals surface area (Å²) in [5.41, 5.74) is 14.5. The highest BCUT2D eigenvalue weighted by atomic mass is 16.2. The van der Waals surface area contributed by atoms with Gasteiger partial charge in [0.15, 0.2) is 0 Å². The molecule has 1 aliphatic carbocycles. The molecule has 0 bridgehead atoms. The van der Waals surface area contributed by atoms with Crippen molar-refractivity contribution in [1.29, 1.82) is 0 Å². The van der Waals surface area contributed by atoms with Crippen molar-refractivity contribution in [1.82, 2.24) is 0 Å². The molecule has 90 valence electrons. The highest BCUT2D eigenvalue weighted by molar-refractivity contribution is 6.01. The van der Waals surface area contributed by atoms with Crippen LogP contribution in [0.3, 0.4) is 0 Å². The lowest BCUT2D eigenvalue weighted by atomic mass is 10.1. The molecule has 0 spiro atoms. The zero-order valence-corrected chi connectivity index (χ0v) is 9.78. The van der Waals surface area contributed by atoms with Crippen molar-refractivity contribution in [3.05, 3.63) is 23.8 Å². The maximum atomic E-state index is 12.0. The number of rotatable bonds is 3. The van der Waals surface area contributed by atoms with Gasteiger partial charge in [0.05, 0.1) is 6.42 Å². The molecule has 1 heterocycles. The molecule has 4 nitrogen and oxygen atoms in total. The normalized spacial score (nSPS) is 20.5. The molecule has 0 unspecified atom stereocenters. The molecular weight excluding hydrogens is 214 g/mol. The van der Waals surface area contributed by atoms with Crippen LogP contribution in [0, 0.1) is 5.41 Å². The molecule has 1 aromatic rings. The second-order valence-corrected chi connectivity index (χ2v) is 5.25. The zero-order valence-electron chi connectivity index (χ0n) is 9.78. The Kier molecular flexibility index (Phi) is 2.16. The first-order valence-corrected chi connectivity index (χ1v) is 6.02. The SMILES string of the molecule is NCC1(CN2C(=O)Cc3cc(N)ccc32)CC1. The van der Waals surface area contributed by atoms with Gasteiger partial charge in [0.2, 0.25) is 5.91 Å². The van der Waals surface area contributed by atoms with Crippen LogP contribution >= 0.6 is 0 Å². The van der Waals surface area contributed by atoms with E-state index in [2.05, 4.69) is 0 Å². The van der Waals surface area contributed by atoms with Crippen LogP contribution in [0.1, 0.15) is 18.4 Å². The summed E-state index contributed by atoms with van der Waals surface area (Å²) in [6.07, 6.45) is 2.75. The molecular formula is C13H17N3O. The van der Waals surface area contributed by atoms with Crippen molar-refractivity contribution >= 4 is 17.3 Å². The van der Waals surface area contributed by atoms with Crippen molar-refractivity contribution in [2.24, 2.45) is 11.1 Å². The molecule has 4 heteroatoms. The van der Waals surface area contributed by atoms with Crippen LogP contribution in [0.15, 0.2) is 18.2 Å². The van der Waals surface area contributed by atoms with Gasteiger partial charge < -0.3 is 16.4 Å². The number of nitrogens with zero attached hydrogens (tertiary/aromatic N) is 1. The van der Waals surface area contributed by atoms with E-state index in [4.69, 9.17) is 11.5 Å². The van der Waals surface area contributed by atoms with E-state index in [0.717, 1.165) is 36.3 Å². The van der Waals surface area contributed by atoms with E-state index in [1.54, 1.807) is 0 Å². The first-order chi connectivity index (χ1) is 8.13. The van der Waals surface area contributed by atoms with Crippen LogP contribution in [0.4, 0.5) is 11.4 Å². The van der Waals surface area contributed by atoms with Gasteiger partial charge >= 0.3 is 0 Å². The second kappa shape index (κ2) is 3.47. The molecule has 1 aromatic carbocycles. The average molecular weight is 231 g/mol. The van der Waals surface area contributed by atoms with E-state index in [1.165, 1.54) is 0 Å². The Morgan fingerprint density at radius 1 is 1.35 bits per heavy atom. The third-order valence-corrected chi connectivity index (χ3v) is 3.92. The smallest absolute Gasteiger partial charge is 0.231 e. The van der Waals surface area contributed by atoms with E-state index < -0.39 is 0 Å². The van der Waals surface area contributed by atoms with Crippen LogP contribution in [-0.4, -0.2) is 19.0 Å². The number of fused-ring (bicyclic) bond motifs is 1. The molecule has 1 fully saturated rings. The average Bonchev–Trinajstić information content (AvgIpc) is 3.01. The van der Waals surface area contributed by atoms with E-state index in [9.17, 15) is 4.79 Å². The Balaban J connectivity index is 1.89. The van der Waals surface area contributed by atoms with Gasteiger partial charge in [0.1, 0.15) is 0 Å². The summed E-state index contributed by atoms with van der Waals surface area (Å²) in [5, 5.41) is 0. The standard InChI is InChI=1S/C13H17N3O/c14-7-13(3-4-13)8-16-11-2-1-10(15)5-9(11)6-12(16)17/h1-2,5H,3-4,6-8,14-15H2. The molecule has 3 rings (SSSR count). The van der Waals surface area contributed by atoms with Crippen molar-refractivity contribution in [2.45, 2.75) is 19.3 Å². The molecule has 0 aromatic heterocycles. The Morgan fingerprint density at radius 2 is 2.12 bits per heavy atom. The van der Waals surface area contributed by atoms with E-state index in [0.29, 0.717) is 13.0 Å². The Morgan fingerprint density at radius 3 is 2.76 bits per heavy atom. The maximum Gasteiger partial charge on any atom is 0.231 e. The monoisotopic (exact) mass is 231 g/mol. The summed E-state index contributed by atoms with van der Waals surface area (Å²) in [7, 11) is 0. The Labute approximate surface area is 101 Å². The number of carbonyl (C=O) groups excluding carboxylic acids is 1. The van der Waals surface area contributed by atoms with E-state index in [-0.39, 0.29) is 11.3 Å². The predicted molar refractivity (Wildman–Crippen MR) is 67.6 cm³/mol. The van der Waals surface area contributed by atoms with Crippen molar-refractivity contribution in [3.63, 3.8) is 0 Å². The number of nitrogen functional groups attached to an aromatic ring is 1. The third-order valence-electron chi connectivity index (χ3n) is 3.92. The highest BCUT2D eigenvalue weighted by Gasteiger charge is 2.45.